The average Bonchev–Trinajstić information content (AvgIpc) is 2.91. The van der Waals surface area contributed by atoms with Gasteiger partial charge in [0, 0.05) is 55.6 Å². The molecule has 0 unspecified atom stereocenters. The second kappa shape index (κ2) is 16.7. The number of carbonyl (C=O) groups is 1. The zero-order valence-corrected chi connectivity index (χ0v) is 26.5. The summed E-state index contributed by atoms with van der Waals surface area (Å²) in [4.78, 5) is 24.6. The van der Waals surface area contributed by atoms with Crippen LogP contribution < -0.4 is 0 Å². The summed E-state index contributed by atoms with van der Waals surface area (Å²) in [5, 5.41) is 9.76. The molecule has 3 aromatic rings. The van der Waals surface area contributed by atoms with E-state index < -0.39 is 0 Å². The Kier molecular flexibility index (Phi) is 14.6. The van der Waals surface area contributed by atoms with E-state index in [0.717, 1.165) is 65.0 Å². The number of carbonyl (C=O) groups excluding carboxylic acids is 1. The molecule has 1 aromatic heterocycles. The van der Waals surface area contributed by atoms with E-state index in [1.165, 1.54) is 6.08 Å². The van der Waals surface area contributed by atoms with Gasteiger partial charge in [-0.1, -0.05) is 39.8 Å². The predicted octanol–water partition coefficient (Wildman–Crippen LogP) is 8.95. The van der Waals surface area contributed by atoms with Crippen molar-refractivity contribution in [3.63, 3.8) is 0 Å². The number of benzene rings is 2. The van der Waals surface area contributed by atoms with Gasteiger partial charge in [0.1, 0.15) is 0 Å². The summed E-state index contributed by atoms with van der Waals surface area (Å²) >= 11 is 0. The number of aromatic nitrogens is 2. The van der Waals surface area contributed by atoms with E-state index in [-0.39, 0.29) is 43.5 Å². The van der Waals surface area contributed by atoms with Gasteiger partial charge < -0.3 is 10.1 Å². The Balaban J connectivity index is 0.000000418. The van der Waals surface area contributed by atoms with Crippen molar-refractivity contribution in [1.82, 2.24) is 9.97 Å². The molecule has 0 amide bonds. The summed E-state index contributed by atoms with van der Waals surface area (Å²) in [5.41, 5.74) is 7.02. The fourth-order valence-electron chi connectivity index (χ4n) is 4.48. The molecule has 209 valence electrons. The molecule has 39 heavy (non-hydrogen) atoms. The van der Waals surface area contributed by atoms with Crippen LogP contribution >= 0.6 is 0 Å². The maximum absolute atomic E-state index is 11.7. The quantitative estimate of drug-likeness (QED) is 0.137. The Morgan fingerprint density at radius 1 is 1.03 bits per heavy atom. The van der Waals surface area contributed by atoms with Crippen molar-refractivity contribution >= 4 is 11.5 Å². The smallest absolute Gasteiger partial charge is 0.193 e. The third kappa shape index (κ3) is 8.95. The van der Waals surface area contributed by atoms with Gasteiger partial charge >= 0.3 is 0 Å². The van der Waals surface area contributed by atoms with Crippen molar-refractivity contribution in [2.45, 2.75) is 74.1 Å². The maximum atomic E-state index is 11.7. The van der Waals surface area contributed by atoms with Crippen molar-refractivity contribution < 1.29 is 30.0 Å². The van der Waals surface area contributed by atoms with Crippen LogP contribution in [-0.2, 0) is 24.9 Å². The molecular formula is C33H40IrN3O2-. The first kappa shape index (κ1) is 33.9. The summed E-state index contributed by atoms with van der Waals surface area (Å²) in [6.07, 6.45) is 6.68. The van der Waals surface area contributed by atoms with Crippen LogP contribution in [-0.4, -0.2) is 20.9 Å². The Bertz CT molecular complexity index is 1290. The second-order valence-electron chi connectivity index (χ2n) is 9.48. The molecule has 2 aromatic carbocycles. The number of hydrogen-bond donors (Lipinski definition) is 1. The molecule has 1 N–H and O–H groups in total. The number of hydrogen-bond acceptors (Lipinski definition) is 4. The Morgan fingerprint density at radius 2 is 1.67 bits per heavy atom. The first-order valence-electron chi connectivity index (χ1n) is 13.4. The SMILES string of the molecule is CCC(CC)C(=O)/C=C(\O)C(CC)CC.[C-]#[N+]c1c(C)ccc(-c2cnc(-c3[c-]cccc3)c(C)n2)c1C.[Ir]. The van der Waals surface area contributed by atoms with E-state index in [4.69, 9.17) is 11.6 Å². The number of rotatable bonds is 9. The first-order chi connectivity index (χ1) is 18.2. The normalized spacial score (nSPS) is 10.9. The monoisotopic (exact) mass is 703 g/mol. The van der Waals surface area contributed by atoms with Crippen LogP contribution in [0.5, 0.6) is 0 Å². The van der Waals surface area contributed by atoms with Crippen molar-refractivity contribution in [3.05, 3.63) is 88.7 Å². The predicted molar refractivity (Wildman–Crippen MR) is 156 cm³/mol. The molecule has 5 nitrogen and oxygen atoms in total. The summed E-state index contributed by atoms with van der Waals surface area (Å²) < 4.78 is 0. The van der Waals surface area contributed by atoms with Crippen LogP contribution in [0.1, 0.15) is 70.2 Å². The molecule has 0 saturated carbocycles. The van der Waals surface area contributed by atoms with Crippen molar-refractivity contribution in [3.8, 4) is 22.5 Å². The zero-order chi connectivity index (χ0) is 28.2. The van der Waals surface area contributed by atoms with E-state index in [1.807, 2.05) is 84.9 Å². The number of allylic oxidation sites excluding steroid dienone is 2. The molecule has 0 atom stereocenters. The minimum absolute atomic E-state index is 0. The molecular weight excluding hydrogens is 663 g/mol. The van der Waals surface area contributed by atoms with Crippen LogP contribution in [0, 0.1) is 45.2 Å². The van der Waals surface area contributed by atoms with Crippen LogP contribution in [0.4, 0.5) is 5.69 Å². The molecule has 3 rings (SSSR count). The largest absolute Gasteiger partial charge is 0.512 e. The van der Waals surface area contributed by atoms with Crippen molar-refractivity contribution in [1.29, 1.82) is 0 Å². The standard InChI is InChI=1S/C20H16N3.C13H24O2.Ir/c1-13-10-11-17(14(2)19(13)21-4)18-12-22-20(15(3)23-18)16-8-6-5-7-9-16;1-5-10(6-2)12(14)9-13(15)11(7-3)8-4;/h5-8,10-12H,1-3H3;9-11,14H,5-8H2,1-4H3;/q-1;;/b;12-9-;. The van der Waals surface area contributed by atoms with Crippen LogP contribution in [0.3, 0.4) is 0 Å². The summed E-state index contributed by atoms with van der Waals surface area (Å²) in [7, 11) is 0. The van der Waals surface area contributed by atoms with E-state index in [1.54, 1.807) is 6.20 Å². The molecule has 0 aliphatic heterocycles. The van der Waals surface area contributed by atoms with Crippen LogP contribution in [0.2, 0.25) is 0 Å². The second-order valence-corrected chi connectivity index (χ2v) is 9.48. The third-order valence-corrected chi connectivity index (χ3v) is 7.01. The minimum atomic E-state index is 0. The topological polar surface area (TPSA) is 67.4 Å². The average molecular weight is 703 g/mol. The van der Waals surface area contributed by atoms with Crippen molar-refractivity contribution in [2.75, 3.05) is 0 Å². The molecule has 0 spiro atoms. The molecule has 0 bridgehead atoms. The molecule has 0 aliphatic rings. The Morgan fingerprint density at radius 3 is 2.18 bits per heavy atom. The number of aliphatic hydroxyl groups excluding tert-OH is 1. The molecule has 1 heterocycles. The van der Waals surface area contributed by atoms with Crippen LogP contribution in [0.15, 0.2) is 54.4 Å². The van der Waals surface area contributed by atoms with E-state index in [9.17, 15) is 9.90 Å². The first-order valence-corrected chi connectivity index (χ1v) is 13.4. The Labute approximate surface area is 248 Å². The van der Waals surface area contributed by atoms with Gasteiger partial charge in [-0.15, -0.1) is 35.9 Å². The molecule has 1 radical (unpaired) electrons. The Hall–Kier alpha value is -3.13. The third-order valence-electron chi connectivity index (χ3n) is 7.01. The number of ketones is 1. The van der Waals surface area contributed by atoms with Crippen LogP contribution in [0.25, 0.3) is 27.4 Å². The zero-order valence-electron chi connectivity index (χ0n) is 24.1. The van der Waals surface area contributed by atoms with Gasteiger partial charge in [0.2, 0.25) is 0 Å². The van der Waals surface area contributed by atoms with Gasteiger partial charge in [0.15, 0.2) is 11.5 Å². The molecule has 0 fully saturated rings. The summed E-state index contributed by atoms with van der Waals surface area (Å²) in [6.45, 7) is 21.3. The van der Waals surface area contributed by atoms with E-state index >= 15 is 0 Å². The number of aliphatic hydroxyl groups is 1. The van der Waals surface area contributed by atoms with Gasteiger partial charge in [-0.2, -0.15) is 0 Å². The van der Waals surface area contributed by atoms with Gasteiger partial charge in [-0.25, -0.2) is 4.85 Å². The fourth-order valence-corrected chi connectivity index (χ4v) is 4.48. The number of nitrogens with zero attached hydrogens (tertiary/aromatic N) is 3. The van der Waals surface area contributed by atoms with Crippen molar-refractivity contribution in [2.24, 2.45) is 11.8 Å². The molecule has 0 aliphatic carbocycles. The van der Waals surface area contributed by atoms with Gasteiger partial charge in [-0.3, -0.25) is 9.78 Å². The molecule has 6 heteroatoms. The summed E-state index contributed by atoms with van der Waals surface area (Å²) in [5.74, 6) is 0.547. The van der Waals surface area contributed by atoms with Gasteiger partial charge in [0.25, 0.3) is 0 Å². The number of aryl methyl sites for hydroxylation is 2. The van der Waals surface area contributed by atoms with Gasteiger partial charge in [0.05, 0.1) is 18.0 Å². The maximum Gasteiger partial charge on any atom is 0.193 e. The molecule has 0 saturated heterocycles. The van der Waals surface area contributed by atoms with E-state index in [2.05, 4.69) is 15.9 Å². The minimum Gasteiger partial charge on any atom is -0.512 e. The summed E-state index contributed by atoms with van der Waals surface area (Å²) in [6, 6.07) is 14.9. The van der Waals surface area contributed by atoms with E-state index in [0.29, 0.717) is 5.69 Å². The van der Waals surface area contributed by atoms with Gasteiger partial charge in [-0.05, 0) is 63.1 Å². The fraction of sp³-hybridized carbons (Fsp3) is 0.394.